The van der Waals surface area contributed by atoms with Crippen LogP contribution in [0.4, 0.5) is 0 Å². The van der Waals surface area contributed by atoms with E-state index in [1.54, 1.807) is 19.2 Å². The predicted molar refractivity (Wildman–Crippen MR) is 79.0 cm³/mol. The number of aryl methyl sites for hydroxylation is 1. The average molecular weight is 310 g/mol. The van der Waals surface area contributed by atoms with Crippen LogP contribution in [-0.4, -0.2) is 27.8 Å². The molecule has 4 nitrogen and oxygen atoms in total. The zero-order chi connectivity index (χ0) is 14.7. The number of aromatic nitrogens is 2. The Morgan fingerprint density at radius 3 is 2.65 bits per heavy atom. The van der Waals surface area contributed by atoms with Gasteiger partial charge in [-0.3, -0.25) is 9.78 Å². The van der Waals surface area contributed by atoms with Crippen molar-refractivity contribution in [2.24, 2.45) is 0 Å². The third-order valence-corrected chi connectivity index (χ3v) is 3.22. The maximum Gasteiger partial charge on any atom is 0.274 e. The molecule has 0 fully saturated rings. The van der Waals surface area contributed by atoms with Crippen LogP contribution in [-0.2, 0) is 6.54 Å². The lowest BCUT2D eigenvalue weighted by atomic mass is 10.2. The highest BCUT2D eigenvalue weighted by molar-refractivity contribution is 6.34. The summed E-state index contributed by atoms with van der Waals surface area (Å²) in [6.07, 6.45) is 0. The Hall–Kier alpha value is -1.65. The summed E-state index contributed by atoms with van der Waals surface area (Å²) >= 11 is 11.8. The highest BCUT2D eigenvalue weighted by Gasteiger charge is 2.18. The summed E-state index contributed by atoms with van der Waals surface area (Å²) in [4.78, 5) is 22.1. The van der Waals surface area contributed by atoms with E-state index >= 15 is 0 Å². The molecule has 0 unspecified atom stereocenters. The van der Waals surface area contributed by atoms with Gasteiger partial charge in [0, 0.05) is 12.7 Å². The lowest BCUT2D eigenvalue weighted by molar-refractivity contribution is 0.0777. The lowest BCUT2D eigenvalue weighted by Crippen LogP contribution is -2.27. The normalized spacial score (nSPS) is 10.4. The summed E-state index contributed by atoms with van der Waals surface area (Å²) in [5.41, 5.74) is 1.86. The topological polar surface area (TPSA) is 46.1 Å². The number of amides is 1. The van der Waals surface area contributed by atoms with Gasteiger partial charge in [0.2, 0.25) is 0 Å². The molecule has 2 rings (SSSR count). The number of rotatable bonds is 3. The highest BCUT2D eigenvalue weighted by Crippen LogP contribution is 2.18. The molecule has 20 heavy (non-hydrogen) atoms. The molecule has 0 spiro atoms. The van der Waals surface area contributed by atoms with Crippen molar-refractivity contribution in [1.29, 1.82) is 0 Å². The molecule has 0 bridgehead atoms. The Morgan fingerprint density at radius 2 is 1.95 bits per heavy atom. The van der Waals surface area contributed by atoms with Crippen molar-refractivity contribution in [3.63, 3.8) is 0 Å². The molecule has 0 aromatic carbocycles. The molecule has 2 heterocycles. The first-order valence-electron chi connectivity index (χ1n) is 5.97. The van der Waals surface area contributed by atoms with Gasteiger partial charge in [0.1, 0.15) is 10.8 Å². The minimum absolute atomic E-state index is 0.148. The Labute approximate surface area is 127 Å². The first kappa shape index (κ1) is 14.8. The van der Waals surface area contributed by atoms with Gasteiger partial charge in [-0.05, 0) is 31.2 Å². The van der Waals surface area contributed by atoms with E-state index in [0.717, 1.165) is 11.4 Å². The first-order valence-corrected chi connectivity index (χ1v) is 6.73. The van der Waals surface area contributed by atoms with Crippen LogP contribution in [0.1, 0.15) is 21.9 Å². The van der Waals surface area contributed by atoms with Crippen molar-refractivity contribution in [1.82, 2.24) is 14.9 Å². The van der Waals surface area contributed by atoms with Crippen LogP contribution in [0, 0.1) is 6.92 Å². The van der Waals surface area contributed by atoms with E-state index in [0.29, 0.717) is 6.54 Å². The van der Waals surface area contributed by atoms with Crippen molar-refractivity contribution in [2.45, 2.75) is 13.5 Å². The number of hydrogen-bond donors (Lipinski definition) is 0. The van der Waals surface area contributed by atoms with Crippen LogP contribution in [0.15, 0.2) is 30.3 Å². The van der Waals surface area contributed by atoms with Gasteiger partial charge in [0.05, 0.1) is 17.3 Å². The van der Waals surface area contributed by atoms with Gasteiger partial charge in [0.25, 0.3) is 5.91 Å². The van der Waals surface area contributed by atoms with E-state index in [2.05, 4.69) is 9.97 Å². The van der Waals surface area contributed by atoms with Crippen LogP contribution < -0.4 is 0 Å². The molecule has 6 heteroatoms. The maximum absolute atomic E-state index is 12.3. The van der Waals surface area contributed by atoms with Gasteiger partial charge < -0.3 is 4.90 Å². The van der Waals surface area contributed by atoms with Crippen molar-refractivity contribution >= 4 is 29.1 Å². The zero-order valence-corrected chi connectivity index (χ0v) is 12.6. The third-order valence-electron chi connectivity index (χ3n) is 2.71. The fourth-order valence-corrected chi connectivity index (χ4v) is 2.09. The maximum atomic E-state index is 12.3. The Bertz CT molecular complexity index is 646. The van der Waals surface area contributed by atoms with Crippen LogP contribution in [0.5, 0.6) is 0 Å². The van der Waals surface area contributed by atoms with Gasteiger partial charge in [0.15, 0.2) is 0 Å². The van der Waals surface area contributed by atoms with E-state index in [4.69, 9.17) is 23.2 Å². The number of pyridine rings is 2. The molecule has 2 aromatic heterocycles. The number of halogens is 2. The van der Waals surface area contributed by atoms with Crippen molar-refractivity contribution in [2.75, 3.05) is 7.05 Å². The standard InChI is InChI=1S/C14H13Cl2N3O/c1-9-4-3-5-10(17-9)8-19(2)14(20)13-11(15)6-7-12(16)18-13/h3-7H,8H2,1-2H3. The smallest absolute Gasteiger partial charge is 0.274 e. The monoisotopic (exact) mass is 309 g/mol. The molecule has 104 valence electrons. The van der Waals surface area contributed by atoms with Crippen molar-refractivity contribution < 1.29 is 4.79 Å². The summed E-state index contributed by atoms with van der Waals surface area (Å²) in [6, 6.07) is 8.77. The molecular formula is C14H13Cl2N3O. The van der Waals surface area contributed by atoms with E-state index < -0.39 is 0 Å². The highest BCUT2D eigenvalue weighted by atomic mass is 35.5. The molecule has 0 aliphatic carbocycles. The molecule has 0 N–H and O–H groups in total. The largest absolute Gasteiger partial charge is 0.334 e. The van der Waals surface area contributed by atoms with Crippen molar-refractivity contribution in [3.8, 4) is 0 Å². The molecule has 0 aliphatic heterocycles. The molecular weight excluding hydrogens is 297 g/mol. The third kappa shape index (κ3) is 3.46. The van der Waals surface area contributed by atoms with Gasteiger partial charge in [-0.1, -0.05) is 29.3 Å². The van der Waals surface area contributed by atoms with E-state index in [9.17, 15) is 4.79 Å². The Kier molecular flexibility index (Phi) is 4.57. The second-order valence-corrected chi connectivity index (χ2v) is 5.19. The van der Waals surface area contributed by atoms with E-state index in [1.807, 2.05) is 25.1 Å². The van der Waals surface area contributed by atoms with Gasteiger partial charge in [-0.15, -0.1) is 0 Å². The second-order valence-electron chi connectivity index (χ2n) is 4.40. The van der Waals surface area contributed by atoms with Gasteiger partial charge in [-0.2, -0.15) is 0 Å². The van der Waals surface area contributed by atoms with Crippen LogP contribution in [0.3, 0.4) is 0 Å². The van der Waals surface area contributed by atoms with Crippen LogP contribution in [0.25, 0.3) is 0 Å². The fraction of sp³-hybridized carbons (Fsp3) is 0.214. The Morgan fingerprint density at radius 1 is 1.20 bits per heavy atom. The summed E-state index contributed by atoms with van der Waals surface area (Å²) in [5, 5.41) is 0.517. The molecule has 2 aromatic rings. The molecule has 0 radical (unpaired) electrons. The first-order chi connectivity index (χ1) is 9.47. The van der Waals surface area contributed by atoms with E-state index in [1.165, 1.54) is 4.90 Å². The van der Waals surface area contributed by atoms with Crippen molar-refractivity contribution in [3.05, 3.63) is 57.6 Å². The molecule has 1 amide bonds. The summed E-state index contributed by atoms with van der Waals surface area (Å²) in [7, 11) is 1.67. The van der Waals surface area contributed by atoms with E-state index in [-0.39, 0.29) is 21.8 Å². The lowest BCUT2D eigenvalue weighted by Gasteiger charge is -2.17. The zero-order valence-electron chi connectivity index (χ0n) is 11.1. The van der Waals surface area contributed by atoms with Crippen LogP contribution >= 0.6 is 23.2 Å². The Balaban J connectivity index is 2.18. The molecule has 0 saturated carbocycles. The predicted octanol–water partition coefficient (Wildman–Crippen LogP) is 3.36. The molecule has 0 saturated heterocycles. The average Bonchev–Trinajstić information content (AvgIpc) is 2.40. The minimum Gasteiger partial charge on any atom is -0.334 e. The van der Waals surface area contributed by atoms with Gasteiger partial charge >= 0.3 is 0 Å². The number of carbonyl (C=O) groups excluding carboxylic acids is 1. The summed E-state index contributed by atoms with van der Waals surface area (Å²) in [5.74, 6) is -0.291. The summed E-state index contributed by atoms with van der Waals surface area (Å²) < 4.78 is 0. The second kappa shape index (κ2) is 6.20. The SMILES string of the molecule is Cc1cccc(CN(C)C(=O)c2nc(Cl)ccc2Cl)n1. The van der Waals surface area contributed by atoms with Gasteiger partial charge in [-0.25, -0.2) is 4.98 Å². The quantitative estimate of drug-likeness (QED) is 0.817. The number of hydrogen-bond acceptors (Lipinski definition) is 3. The fourth-order valence-electron chi connectivity index (χ4n) is 1.75. The van der Waals surface area contributed by atoms with Crippen LogP contribution in [0.2, 0.25) is 10.2 Å². The number of carbonyl (C=O) groups is 1. The minimum atomic E-state index is -0.291. The summed E-state index contributed by atoms with van der Waals surface area (Å²) in [6.45, 7) is 2.28. The number of nitrogens with zero attached hydrogens (tertiary/aromatic N) is 3. The molecule has 0 atom stereocenters. The molecule has 0 aliphatic rings.